The minimum absolute atomic E-state index is 0.165. The van der Waals surface area contributed by atoms with Crippen LogP contribution >= 0.6 is 0 Å². The van der Waals surface area contributed by atoms with Crippen LogP contribution in [0.25, 0.3) is 0 Å². The van der Waals surface area contributed by atoms with Crippen molar-refractivity contribution in [2.75, 3.05) is 31.0 Å². The minimum atomic E-state index is -3.75. The molecule has 0 aliphatic rings. The van der Waals surface area contributed by atoms with Crippen molar-refractivity contribution in [3.8, 4) is 0 Å². The molecule has 0 aliphatic heterocycles. The van der Waals surface area contributed by atoms with Crippen molar-refractivity contribution in [1.82, 2.24) is 4.31 Å². The van der Waals surface area contributed by atoms with Gasteiger partial charge in [0.15, 0.2) is 14.9 Å². The highest BCUT2D eigenvalue weighted by Gasteiger charge is 2.25. The van der Waals surface area contributed by atoms with E-state index in [1.54, 1.807) is 0 Å². The molecule has 16 heavy (non-hydrogen) atoms. The maximum atomic E-state index is 11.7. The fourth-order valence-corrected chi connectivity index (χ4v) is 4.76. The molecule has 0 amide bonds. The number of rotatable bonds is 8. The Hall–Kier alpha value is -0.180. The molecule has 0 aromatic carbocycles. The van der Waals surface area contributed by atoms with Crippen molar-refractivity contribution in [1.29, 1.82) is 0 Å². The summed E-state index contributed by atoms with van der Waals surface area (Å²) in [6.07, 6.45) is 2.45. The molecule has 0 atom stereocenters. The Balaban J connectivity index is 4.75. The number of nitrogens with two attached hydrogens (primary N) is 1. The lowest BCUT2D eigenvalue weighted by Crippen LogP contribution is -2.39. The molecule has 0 rings (SSSR count). The number of hydrogen-bond donors (Lipinski definition) is 1. The molecule has 0 aliphatic carbocycles. The first-order chi connectivity index (χ1) is 7.23. The number of sulfonamides is 1. The van der Waals surface area contributed by atoms with Crippen LogP contribution in [0.5, 0.6) is 0 Å². The molecule has 0 saturated heterocycles. The highest BCUT2D eigenvalue weighted by atomic mass is 32.3. The van der Waals surface area contributed by atoms with E-state index in [0.717, 1.165) is 17.0 Å². The molecule has 0 spiro atoms. The zero-order chi connectivity index (χ0) is 12.8. The van der Waals surface area contributed by atoms with E-state index in [0.29, 0.717) is 13.0 Å². The Morgan fingerprint density at radius 1 is 1.12 bits per heavy atom. The summed E-state index contributed by atoms with van der Waals surface area (Å²) in [5.74, 6) is 0. The molecule has 0 unspecified atom stereocenters. The van der Waals surface area contributed by atoms with Crippen LogP contribution in [0.1, 0.15) is 19.8 Å². The molecule has 2 N–H and O–H groups in total. The fourth-order valence-electron chi connectivity index (χ4n) is 1.21. The minimum Gasteiger partial charge on any atom is -0.329 e. The summed E-state index contributed by atoms with van der Waals surface area (Å²) >= 11 is 0. The Kier molecular flexibility index (Phi) is 6.46. The lowest BCUT2D eigenvalue weighted by molar-refractivity contribution is 0.412. The van der Waals surface area contributed by atoms with Crippen molar-refractivity contribution in [2.45, 2.75) is 19.8 Å². The van der Waals surface area contributed by atoms with Gasteiger partial charge in [-0.05, 0) is 6.42 Å². The molecule has 0 aromatic rings. The molecule has 0 heterocycles. The van der Waals surface area contributed by atoms with E-state index < -0.39 is 24.9 Å². The smallest absolute Gasteiger partial charge is 0.228 e. The molecular formula is C8H20N2O4S2. The van der Waals surface area contributed by atoms with E-state index in [9.17, 15) is 16.8 Å². The van der Waals surface area contributed by atoms with E-state index in [-0.39, 0.29) is 13.1 Å². The maximum Gasteiger partial charge on any atom is 0.228 e. The van der Waals surface area contributed by atoms with Gasteiger partial charge in [-0.2, -0.15) is 4.31 Å². The van der Waals surface area contributed by atoms with Gasteiger partial charge in [0.2, 0.25) is 10.0 Å². The van der Waals surface area contributed by atoms with E-state index in [1.165, 1.54) is 0 Å². The molecule has 98 valence electrons. The fraction of sp³-hybridized carbons (Fsp3) is 1.00. The predicted octanol–water partition coefficient (Wildman–Crippen LogP) is -0.621. The average molecular weight is 272 g/mol. The summed E-state index contributed by atoms with van der Waals surface area (Å²) in [4.78, 5) is 0. The number of unbranched alkanes of at least 4 members (excludes halogenated alkanes) is 1. The van der Waals surface area contributed by atoms with E-state index in [4.69, 9.17) is 5.73 Å². The quantitative estimate of drug-likeness (QED) is 0.635. The second-order valence-corrected chi connectivity index (χ2v) is 8.17. The summed E-state index contributed by atoms with van der Waals surface area (Å²) in [6.45, 7) is 2.61. The predicted molar refractivity (Wildman–Crippen MR) is 64.2 cm³/mol. The van der Waals surface area contributed by atoms with Gasteiger partial charge < -0.3 is 5.73 Å². The molecule has 0 bridgehead atoms. The second-order valence-electron chi connectivity index (χ2n) is 3.70. The first-order valence-electron chi connectivity index (χ1n) is 5.08. The molecule has 0 fully saturated rings. The summed E-state index contributed by atoms with van der Waals surface area (Å²) in [6, 6.07) is 0. The van der Waals surface area contributed by atoms with Gasteiger partial charge in [0.25, 0.3) is 0 Å². The highest BCUT2D eigenvalue weighted by Crippen LogP contribution is 2.06. The third-order valence-electron chi connectivity index (χ3n) is 1.90. The Morgan fingerprint density at radius 2 is 1.69 bits per heavy atom. The summed E-state index contributed by atoms with van der Waals surface area (Å²) in [5, 5.41) is -0.844. The second kappa shape index (κ2) is 6.53. The molecule has 0 aromatic heterocycles. The van der Waals surface area contributed by atoms with Crippen molar-refractivity contribution in [2.24, 2.45) is 5.73 Å². The first kappa shape index (κ1) is 15.8. The SMILES string of the molecule is CCCCN(CCN)S(=O)(=O)CS(C)(=O)=O. The zero-order valence-electron chi connectivity index (χ0n) is 9.72. The summed E-state index contributed by atoms with van der Waals surface area (Å²) in [5.41, 5.74) is 5.31. The third kappa shape index (κ3) is 6.41. The number of hydrogen-bond acceptors (Lipinski definition) is 5. The van der Waals surface area contributed by atoms with Crippen molar-refractivity contribution in [3.05, 3.63) is 0 Å². The summed E-state index contributed by atoms with van der Waals surface area (Å²) < 4.78 is 46.6. The van der Waals surface area contributed by atoms with Crippen LogP contribution in [0.3, 0.4) is 0 Å². The van der Waals surface area contributed by atoms with Gasteiger partial charge in [-0.15, -0.1) is 0 Å². The van der Waals surface area contributed by atoms with Gasteiger partial charge in [-0.1, -0.05) is 13.3 Å². The highest BCUT2D eigenvalue weighted by molar-refractivity contribution is 8.06. The number of sulfone groups is 1. The monoisotopic (exact) mass is 272 g/mol. The van der Waals surface area contributed by atoms with E-state index in [1.807, 2.05) is 6.92 Å². The zero-order valence-corrected chi connectivity index (χ0v) is 11.3. The Morgan fingerprint density at radius 3 is 2.06 bits per heavy atom. The molecule has 6 nitrogen and oxygen atoms in total. The van der Waals surface area contributed by atoms with E-state index in [2.05, 4.69) is 0 Å². The standard InChI is InChI=1S/C8H20N2O4S2/c1-3-4-6-10(7-5-9)16(13,14)8-15(2,11)12/h3-9H2,1-2H3. The largest absolute Gasteiger partial charge is 0.329 e. The average Bonchev–Trinajstić information content (AvgIpc) is 2.07. The van der Waals surface area contributed by atoms with Crippen LogP contribution in [0, 0.1) is 0 Å². The molecular weight excluding hydrogens is 252 g/mol. The normalized spacial score (nSPS) is 13.2. The lowest BCUT2D eigenvalue weighted by Gasteiger charge is -2.20. The van der Waals surface area contributed by atoms with Crippen LogP contribution in [-0.2, 0) is 19.9 Å². The van der Waals surface area contributed by atoms with E-state index >= 15 is 0 Å². The van der Waals surface area contributed by atoms with Crippen LogP contribution in [0.15, 0.2) is 0 Å². The van der Waals surface area contributed by atoms with Crippen LogP contribution < -0.4 is 5.73 Å². The van der Waals surface area contributed by atoms with Crippen LogP contribution in [0.4, 0.5) is 0 Å². The Labute approximate surface area is 97.8 Å². The third-order valence-corrected chi connectivity index (χ3v) is 5.95. The molecule has 0 saturated carbocycles. The molecule has 0 radical (unpaired) electrons. The number of nitrogens with zero attached hydrogens (tertiary/aromatic N) is 1. The van der Waals surface area contributed by atoms with Crippen LogP contribution in [0.2, 0.25) is 0 Å². The van der Waals surface area contributed by atoms with Crippen molar-refractivity contribution < 1.29 is 16.8 Å². The maximum absolute atomic E-state index is 11.7. The lowest BCUT2D eigenvalue weighted by atomic mass is 10.3. The first-order valence-corrected chi connectivity index (χ1v) is 8.75. The Bertz CT molecular complexity index is 388. The van der Waals surface area contributed by atoms with Gasteiger partial charge in [0.05, 0.1) is 0 Å². The van der Waals surface area contributed by atoms with Crippen molar-refractivity contribution in [3.63, 3.8) is 0 Å². The van der Waals surface area contributed by atoms with Gasteiger partial charge >= 0.3 is 0 Å². The van der Waals surface area contributed by atoms with Gasteiger partial charge in [-0.25, -0.2) is 16.8 Å². The van der Waals surface area contributed by atoms with Gasteiger partial charge in [0, 0.05) is 25.9 Å². The topological polar surface area (TPSA) is 97.5 Å². The van der Waals surface area contributed by atoms with Crippen LogP contribution in [-0.4, -0.2) is 52.1 Å². The summed E-state index contributed by atoms with van der Waals surface area (Å²) in [7, 11) is -7.29. The molecule has 8 heteroatoms. The van der Waals surface area contributed by atoms with Gasteiger partial charge in [0.1, 0.15) is 0 Å². The van der Waals surface area contributed by atoms with Crippen molar-refractivity contribution >= 4 is 19.9 Å². The van der Waals surface area contributed by atoms with Gasteiger partial charge in [-0.3, -0.25) is 0 Å².